The number of sulfonamides is 1. The van der Waals surface area contributed by atoms with Gasteiger partial charge in [0.15, 0.2) is 5.65 Å². The predicted molar refractivity (Wildman–Crippen MR) is 131 cm³/mol. The van der Waals surface area contributed by atoms with Gasteiger partial charge in [0.1, 0.15) is 10.8 Å². The van der Waals surface area contributed by atoms with Gasteiger partial charge in [-0.3, -0.25) is 4.79 Å². The minimum Gasteiger partial charge on any atom is -0.338 e. The second-order valence-electron chi connectivity index (χ2n) is 7.43. The first-order valence-electron chi connectivity index (χ1n) is 10.1. The molecular formula is C23H18N6O3S2. The van der Waals surface area contributed by atoms with Crippen LogP contribution < -0.4 is 10.5 Å². The molecule has 5 rings (SSSR count). The van der Waals surface area contributed by atoms with E-state index in [2.05, 4.69) is 25.5 Å². The molecule has 0 bridgehead atoms. The highest BCUT2D eigenvalue weighted by Crippen LogP contribution is 2.35. The molecule has 0 aliphatic heterocycles. The Balaban J connectivity index is 1.44. The topological polar surface area (TPSA) is 144 Å². The number of para-hydroxylation sites is 1. The summed E-state index contributed by atoms with van der Waals surface area (Å²) in [5.41, 5.74) is 3.34. The van der Waals surface area contributed by atoms with E-state index in [1.54, 1.807) is 0 Å². The molecule has 0 saturated carbocycles. The van der Waals surface area contributed by atoms with Gasteiger partial charge in [-0.15, -0.1) is 10.2 Å². The number of carbonyl (C=O) groups excluding carboxylic acids is 1. The number of nitrogens with zero attached hydrogens (tertiary/aromatic N) is 3. The Morgan fingerprint density at radius 3 is 2.38 bits per heavy atom. The van der Waals surface area contributed by atoms with Gasteiger partial charge in [-0.2, -0.15) is 0 Å². The minimum atomic E-state index is -3.82. The average Bonchev–Trinajstić information content (AvgIpc) is 3.20. The number of anilines is 1. The van der Waals surface area contributed by atoms with Gasteiger partial charge in [-0.25, -0.2) is 18.5 Å². The Morgan fingerprint density at radius 2 is 1.65 bits per heavy atom. The first-order valence-corrected chi connectivity index (χ1v) is 12.6. The number of aromatic amines is 1. The normalized spacial score (nSPS) is 12.6. The Bertz CT molecular complexity index is 1600. The molecule has 5 aromatic rings. The molecule has 11 heteroatoms. The van der Waals surface area contributed by atoms with Crippen molar-refractivity contribution in [3.8, 4) is 0 Å². The van der Waals surface area contributed by atoms with Crippen LogP contribution in [0.3, 0.4) is 0 Å². The van der Waals surface area contributed by atoms with Crippen LogP contribution >= 0.6 is 11.8 Å². The van der Waals surface area contributed by atoms with E-state index in [1.165, 1.54) is 36.0 Å². The summed E-state index contributed by atoms with van der Waals surface area (Å²) in [6, 6.07) is 22.6. The number of amides is 1. The maximum atomic E-state index is 13.2. The number of aromatic nitrogens is 4. The number of nitrogens with one attached hydrogen (secondary N) is 2. The zero-order chi connectivity index (χ0) is 23.7. The first kappa shape index (κ1) is 22.0. The largest absolute Gasteiger partial charge is 0.338 e. The standard InChI is InChI=1S/C23H18N6O3S2/c24-34(31,32)16-12-10-15(11-13-16)25-22(30)20(14-6-2-1-3-7-14)33-23-27-21-19(28-29-23)17-8-4-5-9-18(17)26-21/h1-13,20H,(H,25,30)(H2,24,31,32)(H,26,27,29). The SMILES string of the molecule is NS(=O)(=O)c1ccc(NC(=O)C(Sc2nnc3c(n2)[nH]c2ccccc23)c2ccccc2)cc1. The van der Waals surface area contributed by atoms with E-state index in [1.807, 2.05) is 54.6 Å². The fraction of sp³-hybridized carbons (Fsp3) is 0.0435. The molecule has 0 radical (unpaired) electrons. The van der Waals surface area contributed by atoms with Crippen LogP contribution in [0.2, 0.25) is 0 Å². The van der Waals surface area contributed by atoms with Crippen LogP contribution in [0, 0.1) is 0 Å². The first-order chi connectivity index (χ1) is 16.4. The van der Waals surface area contributed by atoms with E-state index in [0.29, 0.717) is 22.0 Å². The Labute approximate surface area is 198 Å². The number of H-pyrrole nitrogens is 1. The number of nitrogens with two attached hydrogens (primary N) is 1. The quantitative estimate of drug-likeness (QED) is 0.308. The second kappa shape index (κ2) is 8.86. The number of benzene rings is 3. The number of primary sulfonamides is 1. The van der Waals surface area contributed by atoms with Crippen LogP contribution in [-0.2, 0) is 14.8 Å². The summed E-state index contributed by atoms with van der Waals surface area (Å²) in [4.78, 5) is 21.0. The van der Waals surface area contributed by atoms with Gasteiger partial charge < -0.3 is 10.3 Å². The van der Waals surface area contributed by atoms with Crippen LogP contribution in [0.15, 0.2) is 88.9 Å². The summed E-state index contributed by atoms with van der Waals surface area (Å²) in [5, 5.41) is 17.1. The lowest BCUT2D eigenvalue weighted by Crippen LogP contribution is -2.19. The van der Waals surface area contributed by atoms with Crippen molar-refractivity contribution in [1.29, 1.82) is 0 Å². The number of rotatable bonds is 6. The van der Waals surface area contributed by atoms with Gasteiger partial charge >= 0.3 is 0 Å². The van der Waals surface area contributed by atoms with Gasteiger partial charge in [0.25, 0.3) is 0 Å². The molecule has 9 nitrogen and oxygen atoms in total. The Kier molecular flexibility index (Phi) is 5.74. The van der Waals surface area contributed by atoms with Gasteiger partial charge in [0.2, 0.25) is 21.1 Å². The summed E-state index contributed by atoms with van der Waals surface area (Å²) in [7, 11) is -3.82. The van der Waals surface area contributed by atoms with Crippen molar-refractivity contribution in [2.45, 2.75) is 15.3 Å². The maximum Gasteiger partial charge on any atom is 0.242 e. The molecule has 0 spiro atoms. The summed E-state index contributed by atoms with van der Waals surface area (Å²) < 4.78 is 23.0. The van der Waals surface area contributed by atoms with Crippen molar-refractivity contribution < 1.29 is 13.2 Å². The van der Waals surface area contributed by atoms with Crippen LogP contribution in [0.5, 0.6) is 0 Å². The molecule has 0 fully saturated rings. The van der Waals surface area contributed by atoms with Crippen molar-refractivity contribution >= 4 is 55.4 Å². The van der Waals surface area contributed by atoms with E-state index < -0.39 is 15.3 Å². The maximum absolute atomic E-state index is 13.2. The molecule has 1 atom stereocenters. The highest BCUT2D eigenvalue weighted by molar-refractivity contribution is 8.00. The fourth-order valence-corrected chi connectivity index (χ4v) is 4.92. The van der Waals surface area contributed by atoms with Crippen LogP contribution in [0.4, 0.5) is 5.69 Å². The number of fused-ring (bicyclic) bond motifs is 3. The van der Waals surface area contributed by atoms with Gasteiger partial charge in [-0.05, 0) is 35.9 Å². The van der Waals surface area contributed by atoms with Crippen molar-refractivity contribution in [1.82, 2.24) is 20.2 Å². The molecule has 34 heavy (non-hydrogen) atoms. The molecular weight excluding hydrogens is 472 g/mol. The average molecular weight is 491 g/mol. The Hall–Kier alpha value is -3.80. The van der Waals surface area contributed by atoms with Crippen molar-refractivity contribution in [2.24, 2.45) is 5.14 Å². The van der Waals surface area contributed by atoms with Crippen molar-refractivity contribution in [2.75, 3.05) is 5.32 Å². The summed E-state index contributed by atoms with van der Waals surface area (Å²) in [6.07, 6.45) is 0. The van der Waals surface area contributed by atoms with Crippen LogP contribution in [0.1, 0.15) is 10.8 Å². The van der Waals surface area contributed by atoms with E-state index in [0.717, 1.165) is 16.5 Å². The van der Waals surface area contributed by atoms with Crippen molar-refractivity contribution in [3.63, 3.8) is 0 Å². The molecule has 0 aliphatic carbocycles. The number of hydrogen-bond acceptors (Lipinski definition) is 7. The zero-order valence-corrected chi connectivity index (χ0v) is 19.2. The van der Waals surface area contributed by atoms with Crippen LogP contribution in [-0.4, -0.2) is 34.5 Å². The zero-order valence-electron chi connectivity index (χ0n) is 17.5. The Morgan fingerprint density at radius 1 is 0.941 bits per heavy atom. The summed E-state index contributed by atoms with van der Waals surface area (Å²) >= 11 is 1.17. The van der Waals surface area contributed by atoms with E-state index in [9.17, 15) is 13.2 Å². The highest BCUT2D eigenvalue weighted by atomic mass is 32.2. The molecule has 1 unspecified atom stereocenters. The highest BCUT2D eigenvalue weighted by Gasteiger charge is 2.24. The molecule has 0 saturated heterocycles. The van der Waals surface area contributed by atoms with Gasteiger partial charge in [0, 0.05) is 16.6 Å². The molecule has 170 valence electrons. The van der Waals surface area contributed by atoms with Gasteiger partial charge in [-0.1, -0.05) is 60.3 Å². The number of hydrogen-bond donors (Lipinski definition) is 3. The van der Waals surface area contributed by atoms with Crippen molar-refractivity contribution in [3.05, 3.63) is 84.4 Å². The molecule has 0 aliphatic rings. The van der Waals surface area contributed by atoms with E-state index in [4.69, 9.17) is 5.14 Å². The third-order valence-corrected chi connectivity index (χ3v) is 7.15. The second-order valence-corrected chi connectivity index (χ2v) is 10.1. The summed E-state index contributed by atoms with van der Waals surface area (Å²) in [5.74, 6) is -0.320. The minimum absolute atomic E-state index is 0.0365. The lowest BCUT2D eigenvalue weighted by Gasteiger charge is -2.16. The molecule has 2 heterocycles. The third kappa shape index (κ3) is 4.49. The van der Waals surface area contributed by atoms with E-state index in [-0.39, 0.29) is 10.8 Å². The number of carbonyl (C=O) groups is 1. The smallest absolute Gasteiger partial charge is 0.242 e. The molecule has 2 aromatic heterocycles. The lowest BCUT2D eigenvalue weighted by molar-refractivity contribution is -0.115. The molecule has 4 N–H and O–H groups in total. The van der Waals surface area contributed by atoms with Crippen LogP contribution in [0.25, 0.3) is 22.1 Å². The number of thioether (sulfide) groups is 1. The third-order valence-electron chi connectivity index (χ3n) is 5.12. The monoisotopic (exact) mass is 490 g/mol. The molecule has 3 aromatic carbocycles. The predicted octanol–water partition coefficient (Wildman–Crippen LogP) is 3.63. The lowest BCUT2D eigenvalue weighted by atomic mass is 10.1. The summed E-state index contributed by atoms with van der Waals surface area (Å²) in [6.45, 7) is 0. The van der Waals surface area contributed by atoms with E-state index >= 15 is 0 Å². The molecule has 1 amide bonds. The fourth-order valence-electron chi connectivity index (χ4n) is 3.50. The van der Waals surface area contributed by atoms with Gasteiger partial charge in [0.05, 0.1) is 4.90 Å².